The summed E-state index contributed by atoms with van der Waals surface area (Å²) >= 11 is 11.9. The Morgan fingerprint density at radius 2 is 1.77 bits per heavy atom. The zero-order valence-electron chi connectivity index (χ0n) is 12.1. The van der Waals surface area contributed by atoms with Gasteiger partial charge in [0.05, 0.1) is 5.92 Å². The van der Waals surface area contributed by atoms with Gasteiger partial charge in [-0.1, -0.05) is 29.6 Å². The van der Waals surface area contributed by atoms with Crippen molar-refractivity contribution < 1.29 is 14.7 Å². The molecule has 2 atom stereocenters. The number of amides is 1. The predicted octanol–water partition coefficient (Wildman–Crippen LogP) is 3.54. The van der Waals surface area contributed by atoms with E-state index in [4.69, 9.17) is 28.3 Å². The fraction of sp³-hybridized carbons (Fsp3) is 0.500. The second-order valence-electron chi connectivity index (χ2n) is 5.72. The molecule has 1 aromatic rings. The largest absolute Gasteiger partial charge is 0.481 e. The molecule has 0 saturated heterocycles. The molecule has 2 N–H and O–H groups in total. The first-order chi connectivity index (χ1) is 10.5. The Labute approximate surface area is 139 Å². The van der Waals surface area contributed by atoms with E-state index in [1.165, 1.54) is 0 Å². The highest BCUT2D eigenvalue weighted by Crippen LogP contribution is 2.29. The van der Waals surface area contributed by atoms with Crippen molar-refractivity contribution in [2.45, 2.75) is 32.1 Å². The van der Waals surface area contributed by atoms with Crippen molar-refractivity contribution in [1.82, 2.24) is 5.32 Å². The number of carbonyl (C=O) groups is 2. The summed E-state index contributed by atoms with van der Waals surface area (Å²) in [6, 6.07) is 5.31. The van der Waals surface area contributed by atoms with Crippen LogP contribution in [0.5, 0.6) is 0 Å². The van der Waals surface area contributed by atoms with Gasteiger partial charge in [-0.15, -0.1) is 0 Å². The molecule has 0 aromatic heterocycles. The summed E-state index contributed by atoms with van der Waals surface area (Å²) in [7, 11) is 0. The van der Waals surface area contributed by atoms with Crippen LogP contribution < -0.4 is 5.32 Å². The monoisotopic (exact) mass is 343 g/mol. The predicted molar refractivity (Wildman–Crippen MR) is 86.3 cm³/mol. The molecule has 4 nitrogen and oxygen atoms in total. The number of carbonyl (C=O) groups excluding carboxylic acids is 1. The van der Waals surface area contributed by atoms with Gasteiger partial charge in [0.1, 0.15) is 0 Å². The first-order valence-electron chi connectivity index (χ1n) is 7.41. The van der Waals surface area contributed by atoms with Gasteiger partial charge in [0.25, 0.3) is 0 Å². The second-order valence-corrected chi connectivity index (χ2v) is 6.59. The second kappa shape index (κ2) is 7.84. The van der Waals surface area contributed by atoms with Gasteiger partial charge in [-0.2, -0.15) is 0 Å². The Hall–Kier alpha value is -1.26. The van der Waals surface area contributed by atoms with Crippen molar-refractivity contribution in [3.05, 3.63) is 33.8 Å². The highest BCUT2D eigenvalue weighted by Gasteiger charge is 2.30. The molecule has 1 saturated carbocycles. The molecule has 2 unspecified atom stereocenters. The van der Waals surface area contributed by atoms with Crippen molar-refractivity contribution in [2.24, 2.45) is 11.8 Å². The van der Waals surface area contributed by atoms with E-state index < -0.39 is 11.9 Å². The lowest BCUT2D eigenvalue weighted by Gasteiger charge is -2.25. The van der Waals surface area contributed by atoms with Crippen LogP contribution in [0, 0.1) is 11.8 Å². The first-order valence-corrected chi connectivity index (χ1v) is 8.17. The van der Waals surface area contributed by atoms with E-state index in [0.717, 1.165) is 18.4 Å². The molecular formula is C16H19Cl2NO3. The minimum atomic E-state index is -0.800. The van der Waals surface area contributed by atoms with Gasteiger partial charge >= 0.3 is 5.97 Å². The topological polar surface area (TPSA) is 66.4 Å². The van der Waals surface area contributed by atoms with E-state index in [2.05, 4.69) is 5.32 Å². The normalized spacial score (nSPS) is 21.4. The van der Waals surface area contributed by atoms with Gasteiger partial charge in [-0.25, -0.2) is 0 Å². The smallest absolute Gasteiger partial charge is 0.306 e. The summed E-state index contributed by atoms with van der Waals surface area (Å²) in [5, 5.41) is 13.1. The van der Waals surface area contributed by atoms with Gasteiger partial charge < -0.3 is 10.4 Å². The Morgan fingerprint density at radius 3 is 2.41 bits per heavy atom. The molecule has 6 heteroatoms. The third-order valence-electron chi connectivity index (χ3n) is 4.03. The van der Waals surface area contributed by atoms with Gasteiger partial charge in [0.15, 0.2) is 0 Å². The van der Waals surface area contributed by atoms with Crippen LogP contribution in [0.2, 0.25) is 10.0 Å². The lowest BCUT2D eigenvalue weighted by molar-refractivity contribution is -0.144. The van der Waals surface area contributed by atoms with Crippen LogP contribution in [-0.4, -0.2) is 23.5 Å². The van der Waals surface area contributed by atoms with E-state index in [-0.39, 0.29) is 11.8 Å². The van der Waals surface area contributed by atoms with Crippen molar-refractivity contribution in [3.8, 4) is 0 Å². The van der Waals surface area contributed by atoms with Crippen molar-refractivity contribution in [1.29, 1.82) is 0 Å². The molecule has 1 fully saturated rings. The minimum absolute atomic E-state index is 0.0564. The van der Waals surface area contributed by atoms with Crippen LogP contribution in [-0.2, 0) is 16.0 Å². The first kappa shape index (κ1) is 17.1. The molecule has 2 rings (SSSR count). The van der Waals surface area contributed by atoms with E-state index in [1.807, 2.05) is 12.1 Å². The zero-order chi connectivity index (χ0) is 16.1. The minimum Gasteiger partial charge on any atom is -0.481 e. The fourth-order valence-corrected chi connectivity index (χ4v) is 3.45. The van der Waals surface area contributed by atoms with Gasteiger partial charge in [-0.3, -0.25) is 9.59 Å². The summed E-state index contributed by atoms with van der Waals surface area (Å²) in [5.41, 5.74) is 0.963. The average Bonchev–Trinajstić information content (AvgIpc) is 2.46. The van der Waals surface area contributed by atoms with E-state index in [9.17, 15) is 9.59 Å². The third-order valence-corrected chi connectivity index (χ3v) is 4.47. The molecule has 1 aliphatic rings. The van der Waals surface area contributed by atoms with Crippen LogP contribution in [0.3, 0.4) is 0 Å². The molecule has 1 aliphatic carbocycles. The van der Waals surface area contributed by atoms with Crippen LogP contribution in [0.1, 0.15) is 31.2 Å². The maximum atomic E-state index is 12.1. The standard InChI is InChI=1S/C16H19Cl2NO3/c17-13-6-10(7-14(18)9-13)4-5-19-15(20)11-2-1-3-12(8-11)16(21)22/h6-7,9,11-12H,1-5,8H2,(H,19,20)(H,21,22). The summed E-state index contributed by atoms with van der Waals surface area (Å²) in [6.07, 6.45) is 3.29. The lowest BCUT2D eigenvalue weighted by atomic mass is 9.81. The molecule has 0 bridgehead atoms. The number of halogens is 2. The summed E-state index contributed by atoms with van der Waals surface area (Å²) < 4.78 is 0. The van der Waals surface area contributed by atoms with E-state index >= 15 is 0 Å². The van der Waals surface area contributed by atoms with Crippen molar-refractivity contribution in [2.75, 3.05) is 6.54 Å². The van der Waals surface area contributed by atoms with Crippen LogP contribution >= 0.6 is 23.2 Å². The number of hydrogen-bond acceptors (Lipinski definition) is 2. The quantitative estimate of drug-likeness (QED) is 0.859. The van der Waals surface area contributed by atoms with Crippen molar-refractivity contribution in [3.63, 3.8) is 0 Å². The van der Waals surface area contributed by atoms with Gasteiger partial charge in [0, 0.05) is 22.5 Å². The molecule has 1 aromatic carbocycles. The van der Waals surface area contributed by atoms with Crippen LogP contribution in [0.4, 0.5) is 0 Å². The van der Waals surface area contributed by atoms with E-state index in [1.54, 1.807) is 6.07 Å². The highest BCUT2D eigenvalue weighted by atomic mass is 35.5. The average molecular weight is 344 g/mol. The fourth-order valence-electron chi connectivity index (χ4n) is 2.88. The summed E-state index contributed by atoms with van der Waals surface area (Å²) in [6.45, 7) is 0.490. The number of aliphatic carboxylic acids is 1. The van der Waals surface area contributed by atoms with Crippen molar-refractivity contribution >= 4 is 35.1 Å². The third kappa shape index (κ3) is 4.89. The Bertz CT molecular complexity index is 542. The van der Waals surface area contributed by atoms with E-state index in [0.29, 0.717) is 35.9 Å². The maximum Gasteiger partial charge on any atom is 0.306 e. The van der Waals surface area contributed by atoms with Crippen LogP contribution in [0.15, 0.2) is 18.2 Å². The maximum absolute atomic E-state index is 12.1. The molecule has 22 heavy (non-hydrogen) atoms. The number of benzene rings is 1. The number of rotatable bonds is 5. The molecule has 0 aliphatic heterocycles. The lowest BCUT2D eigenvalue weighted by Crippen LogP contribution is -2.36. The molecule has 0 spiro atoms. The molecule has 120 valence electrons. The van der Waals surface area contributed by atoms with Gasteiger partial charge in [0.2, 0.25) is 5.91 Å². The molecule has 0 radical (unpaired) electrons. The van der Waals surface area contributed by atoms with Gasteiger partial charge in [-0.05, 0) is 49.4 Å². The molecule has 1 amide bonds. The Morgan fingerprint density at radius 1 is 1.14 bits per heavy atom. The Balaban J connectivity index is 1.81. The van der Waals surface area contributed by atoms with Crippen LogP contribution in [0.25, 0.3) is 0 Å². The zero-order valence-corrected chi connectivity index (χ0v) is 13.7. The Kier molecular flexibility index (Phi) is 6.09. The number of carboxylic acids is 1. The number of carboxylic acid groups (broad SMARTS) is 1. The summed E-state index contributed by atoms with van der Waals surface area (Å²) in [5.74, 6) is -1.45. The molecular weight excluding hydrogens is 325 g/mol. The number of hydrogen-bond donors (Lipinski definition) is 2. The SMILES string of the molecule is O=C(O)C1CCCC(C(=O)NCCc2cc(Cl)cc(Cl)c2)C1. The molecule has 0 heterocycles. The summed E-state index contributed by atoms with van der Waals surface area (Å²) in [4.78, 5) is 23.2. The highest BCUT2D eigenvalue weighted by molar-refractivity contribution is 6.34. The number of nitrogens with one attached hydrogen (secondary N) is 1.